The van der Waals surface area contributed by atoms with E-state index in [1.54, 1.807) is 6.08 Å². The van der Waals surface area contributed by atoms with Crippen molar-refractivity contribution in [2.75, 3.05) is 6.54 Å². The van der Waals surface area contributed by atoms with Crippen molar-refractivity contribution in [1.82, 2.24) is 9.96 Å². The van der Waals surface area contributed by atoms with Gasteiger partial charge in [0.05, 0.1) is 12.6 Å². The summed E-state index contributed by atoms with van der Waals surface area (Å²) in [4.78, 5) is 40.1. The van der Waals surface area contributed by atoms with Crippen LogP contribution in [0, 0.1) is 5.92 Å². The second-order valence-electron chi connectivity index (χ2n) is 5.33. The normalized spacial score (nSPS) is 29.4. The third-order valence-corrected chi connectivity index (χ3v) is 3.85. The van der Waals surface area contributed by atoms with Gasteiger partial charge in [0.1, 0.15) is 6.04 Å². The maximum absolute atomic E-state index is 13.2. The summed E-state index contributed by atoms with van der Waals surface area (Å²) in [6.45, 7) is 0.120. The number of carboxylic acid groups (broad SMARTS) is 1. The molecule has 2 fully saturated rings. The Bertz CT molecular complexity index is 547. The number of carbonyl (C=O) groups excluding carboxylic acids is 2. The number of urea groups is 1. The second-order valence-corrected chi connectivity index (χ2v) is 5.33. The second kappa shape index (κ2) is 4.69. The summed E-state index contributed by atoms with van der Waals surface area (Å²) < 4.78 is 13.2. The maximum atomic E-state index is 13.2. The number of nitrogens with two attached hydrogens (primary N) is 1. The molecule has 3 amide bonds. The Balaban J connectivity index is 1.87. The van der Waals surface area contributed by atoms with Crippen molar-refractivity contribution in [3.63, 3.8) is 0 Å². The third-order valence-electron chi connectivity index (χ3n) is 3.85. The summed E-state index contributed by atoms with van der Waals surface area (Å²) in [5.74, 6) is -2.28. The summed E-state index contributed by atoms with van der Waals surface area (Å²) in [5, 5.41) is 9.19. The molecule has 0 spiro atoms. The number of carboxylic acids is 1. The van der Waals surface area contributed by atoms with Crippen molar-refractivity contribution in [3.05, 3.63) is 11.6 Å². The van der Waals surface area contributed by atoms with Gasteiger partial charge < -0.3 is 15.7 Å². The Hall–Kier alpha value is -2.16. The van der Waals surface area contributed by atoms with E-state index >= 15 is 0 Å². The molecule has 0 aromatic carbocycles. The molecule has 3 rings (SSSR count). The van der Waals surface area contributed by atoms with Crippen LogP contribution in [-0.4, -0.2) is 58.0 Å². The van der Waals surface area contributed by atoms with E-state index in [9.17, 15) is 18.8 Å². The highest BCUT2D eigenvalue weighted by atomic mass is 19.1. The first kappa shape index (κ1) is 13.8. The largest absolute Gasteiger partial charge is 0.477 e. The van der Waals surface area contributed by atoms with Crippen LogP contribution >= 0.6 is 0 Å². The van der Waals surface area contributed by atoms with Crippen molar-refractivity contribution < 1.29 is 28.7 Å². The van der Waals surface area contributed by atoms with Crippen LogP contribution in [0.5, 0.6) is 0 Å². The number of primary amides is 1. The van der Waals surface area contributed by atoms with E-state index in [4.69, 9.17) is 10.8 Å². The van der Waals surface area contributed by atoms with Crippen LogP contribution in [0.25, 0.3) is 0 Å². The van der Waals surface area contributed by atoms with Crippen molar-refractivity contribution in [2.45, 2.75) is 31.3 Å². The quantitative estimate of drug-likeness (QED) is 0.671. The third kappa shape index (κ3) is 2.23. The molecule has 3 aliphatic rings. The van der Waals surface area contributed by atoms with Crippen LogP contribution in [0.3, 0.4) is 0 Å². The number of fused-ring (bicyclic) bond motifs is 2. The van der Waals surface area contributed by atoms with Crippen molar-refractivity contribution >= 4 is 17.9 Å². The number of aliphatic carboxylic acids is 1. The number of amides is 3. The Morgan fingerprint density at radius 2 is 2.14 bits per heavy atom. The maximum Gasteiger partial charge on any atom is 0.368 e. The van der Waals surface area contributed by atoms with E-state index in [1.165, 1.54) is 4.90 Å². The molecule has 9 heteroatoms. The van der Waals surface area contributed by atoms with Gasteiger partial charge in [0.2, 0.25) is 5.91 Å². The minimum atomic E-state index is -2.64. The highest BCUT2D eigenvalue weighted by Gasteiger charge is 2.51. The molecular weight excluding hydrogens is 285 g/mol. The van der Waals surface area contributed by atoms with E-state index in [0.717, 1.165) is 18.4 Å². The SMILES string of the molecule is NC(=O)[C@@H]1C(C2CC2)=C[C@@H]2CN1C(=O)N2O[C@H](F)C(=O)O. The fourth-order valence-electron chi connectivity index (χ4n) is 2.81. The zero-order valence-electron chi connectivity index (χ0n) is 10.9. The smallest absolute Gasteiger partial charge is 0.368 e. The van der Waals surface area contributed by atoms with Gasteiger partial charge in [0.15, 0.2) is 0 Å². The van der Waals surface area contributed by atoms with Crippen LogP contribution in [0.2, 0.25) is 0 Å². The highest BCUT2D eigenvalue weighted by molar-refractivity contribution is 5.91. The standard InChI is InChI=1S/C12H14FN3O5/c13-9(11(18)19)21-16-6-3-7(5-1-2-5)8(10(14)17)15(4-6)12(16)20/h3,5-6,8-9H,1-2,4H2,(H2,14,17)(H,18,19)/t6-,8+,9+/m1/s1. The Morgan fingerprint density at radius 3 is 2.67 bits per heavy atom. The van der Waals surface area contributed by atoms with Crippen LogP contribution in [0.4, 0.5) is 9.18 Å². The first-order valence-electron chi connectivity index (χ1n) is 6.54. The predicted octanol–water partition coefficient (Wildman–Crippen LogP) is -0.392. The lowest BCUT2D eigenvalue weighted by atomic mass is 9.95. The van der Waals surface area contributed by atoms with Gasteiger partial charge in [-0.05, 0) is 24.3 Å². The molecule has 3 N–H and O–H groups in total. The summed E-state index contributed by atoms with van der Waals surface area (Å²) in [6.07, 6.45) is 0.848. The summed E-state index contributed by atoms with van der Waals surface area (Å²) in [6, 6.07) is -2.22. The fraction of sp³-hybridized carbons (Fsp3) is 0.583. The number of alkyl halides is 1. The zero-order chi connectivity index (χ0) is 15.3. The van der Waals surface area contributed by atoms with Crippen LogP contribution < -0.4 is 5.73 Å². The molecule has 114 valence electrons. The average Bonchev–Trinajstić information content (AvgIpc) is 3.23. The van der Waals surface area contributed by atoms with Gasteiger partial charge in [0, 0.05) is 0 Å². The average molecular weight is 299 g/mol. The lowest BCUT2D eigenvalue weighted by Gasteiger charge is -2.29. The number of rotatable bonds is 5. The number of carbonyl (C=O) groups is 3. The molecule has 0 aromatic heterocycles. The topological polar surface area (TPSA) is 113 Å². The van der Waals surface area contributed by atoms with Gasteiger partial charge in [-0.2, -0.15) is 5.06 Å². The molecule has 0 unspecified atom stereocenters. The monoisotopic (exact) mass is 299 g/mol. The number of halogens is 1. The molecule has 1 aliphatic carbocycles. The fourth-order valence-corrected chi connectivity index (χ4v) is 2.81. The van der Waals surface area contributed by atoms with Crippen LogP contribution in [0.1, 0.15) is 12.8 Å². The van der Waals surface area contributed by atoms with Crippen LogP contribution in [-0.2, 0) is 14.4 Å². The van der Waals surface area contributed by atoms with E-state index in [1.807, 2.05) is 0 Å². The molecule has 2 aliphatic heterocycles. The number of hydroxylamine groups is 2. The van der Waals surface area contributed by atoms with Gasteiger partial charge in [-0.25, -0.2) is 18.8 Å². The summed E-state index contributed by atoms with van der Waals surface area (Å²) >= 11 is 0. The van der Waals surface area contributed by atoms with Gasteiger partial charge >= 0.3 is 18.4 Å². The van der Waals surface area contributed by atoms with E-state index in [0.29, 0.717) is 5.06 Å². The first-order chi connectivity index (χ1) is 9.90. The van der Waals surface area contributed by atoms with E-state index in [2.05, 4.69) is 4.84 Å². The van der Waals surface area contributed by atoms with Gasteiger partial charge in [0.25, 0.3) is 0 Å². The van der Waals surface area contributed by atoms with Crippen LogP contribution in [0.15, 0.2) is 11.6 Å². The zero-order valence-corrected chi connectivity index (χ0v) is 10.9. The molecule has 3 atom stereocenters. The minimum absolute atomic E-state index is 0.120. The molecule has 8 nitrogen and oxygen atoms in total. The van der Waals surface area contributed by atoms with Crippen molar-refractivity contribution in [2.24, 2.45) is 11.7 Å². The molecule has 1 saturated carbocycles. The summed E-state index contributed by atoms with van der Waals surface area (Å²) in [7, 11) is 0. The van der Waals surface area contributed by atoms with Gasteiger partial charge in [-0.15, -0.1) is 0 Å². The van der Waals surface area contributed by atoms with E-state index < -0.39 is 36.3 Å². The minimum Gasteiger partial charge on any atom is -0.477 e. The molecule has 0 radical (unpaired) electrons. The van der Waals surface area contributed by atoms with Crippen molar-refractivity contribution in [1.29, 1.82) is 0 Å². The molecule has 2 bridgehead atoms. The molecule has 0 aromatic rings. The molecular formula is C12H14FN3O5. The lowest BCUT2D eigenvalue weighted by Crippen LogP contribution is -2.49. The summed E-state index contributed by atoms with van der Waals surface area (Å²) in [5.41, 5.74) is 6.10. The van der Waals surface area contributed by atoms with Crippen molar-refractivity contribution in [3.8, 4) is 0 Å². The van der Waals surface area contributed by atoms with Gasteiger partial charge in [-0.3, -0.25) is 4.79 Å². The highest BCUT2D eigenvalue weighted by Crippen LogP contribution is 2.43. The Labute approximate surface area is 118 Å². The predicted molar refractivity (Wildman–Crippen MR) is 65.1 cm³/mol. The first-order valence-corrected chi connectivity index (χ1v) is 6.54. The lowest BCUT2D eigenvalue weighted by molar-refractivity contribution is -0.219. The number of hydrogen-bond acceptors (Lipinski definition) is 4. The van der Waals surface area contributed by atoms with Gasteiger partial charge in [-0.1, -0.05) is 6.08 Å². The molecule has 2 heterocycles. The number of hydrogen-bond donors (Lipinski definition) is 2. The molecule has 1 saturated heterocycles. The van der Waals surface area contributed by atoms with E-state index in [-0.39, 0.29) is 12.5 Å². The Morgan fingerprint density at radius 1 is 1.48 bits per heavy atom. The Kier molecular flexibility index (Phi) is 3.08. The molecule has 21 heavy (non-hydrogen) atoms. The number of nitrogens with zero attached hydrogens (tertiary/aromatic N) is 2.